The highest BCUT2D eigenvalue weighted by Gasteiger charge is 1.96. The largest absolute Gasteiger partial charge is 0.494 e. The Kier molecular flexibility index (Phi) is 9.34. The fraction of sp³-hybridized carbons (Fsp3) is 0.435. The topological polar surface area (TPSA) is 30.8 Å². The summed E-state index contributed by atoms with van der Waals surface area (Å²) < 4.78 is 11.4. The number of benzene rings is 2. The molecular weight excluding hydrogens is 322 g/mol. The summed E-state index contributed by atoms with van der Waals surface area (Å²) in [5, 5.41) is 0. The normalized spacial score (nSPS) is 11.0. The first kappa shape index (κ1) is 20.0. The average molecular weight is 354 g/mol. The van der Waals surface area contributed by atoms with Crippen molar-refractivity contribution in [2.24, 2.45) is 4.99 Å². The molecule has 0 saturated carbocycles. The molecule has 0 saturated heterocycles. The van der Waals surface area contributed by atoms with Crippen LogP contribution in [0, 0.1) is 0 Å². The van der Waals surface area contributed by atoms with Crippen LogP contribution < -0.4 is 9.47 Å². The Morgan fingerprint density at radius 2 is 1.27 bits per heavy atom. The van der Waals surface area contributed by atoms with Gasteiger partial charge in [0.2, 0.25) is 0 Å². The lowest BCUT2D eigenvalue weighted by molar-refractivity contribution is 0.305. The van der Waals surface area contributed by atoms with Crippen LogP contribution >= 0.6 is 0 Å². The fourth-order valence-electron chi connectivity index (χ4n) is 2.48. The van der Waals surface area contributed by atoms with Crippen molar-refractivity contribution in [3.05, 3.63) is 54.1 Å². The van der Waals surface area contributed by atoms with E-state index in [1.807, 2.05) is 54.7 Å². The number of ether oxygens (including phenoxy) is 2. The molecule has 2 aromatic rings. The smallest absolute Gasteiger partial charge is 0.119 e. The molecule has 0 spiro atoms. The zero-order valence-electron chi connectivity index (χ0n) is 16.1. The summed E-state index contributed by atoms with van der Waals surface area (Å²) >= 11 is 0. The van der Waals surface area contributed by atoms with Crippen molar-refractivity contribution in [2.75, 3.05) is 13.2 Å². The standard InChI is InChI=1S/C23H31NO2/c1-3-5-7-8-18-26-22-13-9-20(10-14-22)19-24-21-11-15-23(16-12-21)25-17-6-4-2/h9-16,19H,3-8,17-18H2,1-2H3. The van der Waals surface area contributed by atoms with Crippen LogP contribution in [0.1, 0.15) is 57.9 Å². The number of aliphatic imine (C=N–C) groups is 1. The van der Waals surface area contributed by atoms with Crippen LogP contribution in [-0.4, -0.2) is 19.4 Å². The maximum absolute atomic E-state index is 5.77. The summed E-state index contributed by atoms with van der Waals surface area (Å²) in [5.41, 5.74) is 1.98. The van der Waals surface area contributed by atoms with E-state index in [0.29, 0.717) is 0 Å². The molecule has 0 aliphatic carbocycles. The van der Waals surface area contributed by atoms with Gasteiger partial charge >= 0.3 is 0 Å². The summed E-state index contributed by atoms with van der Waals surface area (Å²) in [4.78, 5) is 4.52. The third kappa shape index (κ3) is 7.73. The lowest BCUT2D eigenvalue weighted by Gasteiger charge is -2.06. The minimum absolute atomic E-state index is 0.770. The molecule has 0 atom stereocenters. The Bertz CT molecular complexity index is 632. The second-order valence-corrected chi connectivity index (χ2v) is 6.43. The molecule has 0 aliphatic rings. The van der Waals surface area contributed by atoms with Crippen LogP contribution in [0.25, 0.3) is 0 Å². The molecule has 0 amide bonds. The van der Waals surface area contributed by atoms with Crippen molar-refractivity contribution in [2.45, 2.75) is 52.4 Å². The van der Waals surface area contributed by atoms with Gasteiger partial charge in [0, 0.05) is 6.21 Å². The van der Waals surface area contributed by atoms with Gasteiger partial charge in [0.25, 0.3) is 0 Å². The summed E-state index contributed by atoms with van der Waals surface area (Å²) in [7, 11) is 0. The monoisotopic (exact) mass is 353 g/mol. The molecule has 0 unspecified atom stereocenters. The first-order chi connectivity index (χ1) is 12.8. The van der Waals surface area contributed by atoms with Gasteiger partial charge in [0.05, 0.1) is 18.9 Å². The van der Waals surface area contributed by atoms with Gasteiger partial charge in [-0.2, -0.15) is 0 Å². The van der Waals surface area contributed by atoms with Gasteiger partial charge in [0.15, 0.2) is 0 Å². The van der Waals surface area contributed by atoms with E-state index in [2.05, 4.69) is 18.8 Å². The molecule has 0 radical (unpaired) electrons. The molecule has 26 heavy (non-hydrogen) atoms. The highest BCUT2D eigenvalue weighted by molar-refractivity contribution is 5.82. The van der Waals surface area contributed by atoms with E-state index in [9.17, 15) is 0 Å². The third-order valence-electron chi connectivity index (χ3n) is 4.11. The molecule has 0 heterocycles. The minimum Gasteiger partial charge on any atom is -0.494 e. The number of nitrogens with zero attached hydrogens (tertiary/aromatic N) is 1. The highest BCUT2D eigenvalue weighted by Crippen LogP contribution is 2.19. The summed E-state index contributed by atoms with van der Waals surface area (Å²) in [6, 6.07) is 16.0. The van der Waals surface area contributed by atoms with E-state index in [-0.39, 0.29) is 0 Å². The molecule has 0 aliphatic heterocycles. The lowest BCUT2D eigenvalue weighted by atomic mass is 10.2. The van der Waals surface area contributed by atoms with Gasteiger partial charge in [-0.3, -0.25) is 4.99 Å². The zero-order valence-corrected chi connectivity index (χ0v) is 16.1. The van der Waals surface area contributed by atoms with Crippen molar-refractivity contribution in [3.8, 4) is 11.5 Å². The molecule has 0 aromatic heterocycles. The zero-order chi connectivity index (χ0) is 18.5. The van der Waals surface area contributed by atoms with Gasteiger partial charge in [-0.05, 0) is 66.9 Å². The van der Waals surface area contributed by atoms with E-state index < -0.39 is 0 Å². The van der Waals surface area contributed by atoms with Gasteiger partial charge in [-0.15, -0.1) is 0 Å². The Morgan fingerprint density at radius 3 is 1.88 bits per heavy atom. The fourth-order valence-corrected chi connectivity index (χ4v) is 2.48. The third-order valence-corrected chi connectivity index (χ3v) is 4.11. The Labute approximate surface area is 158 Å². The van der Waals surface area contributed by atoms with Crippen LogP contribution in [0.5, 0.6) is 11.5 Å². The van der Waals surface area contributed by atoms with E-state index in [1.54, 1.807) is 0 Å². The minimum atomic E-state index is 0.770. The van der Waals surface area contributed by atoms with Crippen LogP contribution in [0.3, 0.4) is 0 Å². The highest BCUT2D eigenvalue weighted by atomic mass is 16.5. The molecule has 0 bridgehead atoms. The van der Waals surface area contributed by atoms with Crippen molar-refractivity contribution in [1.29, 1.82) is 0 Å². The first-order valence-electron chi connectivity index (χ1n) is 9.81. The Balaban J connectivity index is 1.78. The average Bonchev–Trinajstić information content (AvgIpc) is 2.68. The summed E-state index contributed by atoms with van der Waals surface area (Å²) in [6.45, 7) is 5.94. The maximum atomic E-state index is 5.77. The molecule has 0 N–H and O–H groups in total. The number of hydrogen-bond acceptors (Lipinski definition) is 3. The van der Waals surface area contributed by atoms with Crippen LogP contribution in [0.2, 0.25) is 0 Å². The first-order valence-corrected chi connectivity index (χ1v) is 9.81. The van der Waals surface area contributed by atoms with Gasteiger partial charge in [-0.25, -0.2) is 0 Å². The van der Waals surface area contributed by atoms with E-state index >= 15 is 0 Å². The lowest BCUT2D eigenvalue weighted by Crippen LogP contribution is -1.97. The molecule has 2 rings (SSSR count). The molecule has 0 fully saturated rings. The van der Waals surface area contributed by atoms with Crippen LogP contribution in [0.15, 0.2) is 53.5 Å². The second kappa shape index (κ2) is 12.1. The molecule has 140 valence electrons. The van der Waals surface area contributed by atoms with Crippen molar-refractivity contribution >= 4 is 11.9 Å². The number of unbranched alkanes of at least 4 members (excludes halogenated alkanes) is 4. The predicted molar refractivity (Wildman–Crippen MR) is 110 cm³/mol. The summed E-state index contributed by atoms with van der Waals surface area (Å²) in [5.74, 6) is 1.82. The summed E-state index contributed by atoms with van der Waals surface area (Å²) in [6.07, 6.45) is 8.99. The van der Waals surface area contributed by atoms with E-state index in [0.717, 1.165) is 55.2 Å². The molecule has 2 aromatic carbocycles. The van der Waals surface area contributed by atoms with E-state index in [1.165, 1.54) is 19.3 Å². The van der Waals surface area contributed by atoms with Crippen molar-refractivity contribution in [3.63, 3.8) is 0 Å². The van der Waals surface area contributed by atoms with Crippen molar-refractivity contribution in [1.82, 2.24) is 0 Å². The van der Waals surface area contributed by atoms with Crippen LogP contribution in [-0.2, 0) is 0 Å². The second-order valence-electron chi connectivity index (χ2n) is 6.43. The van der Waals surface area contributed by atoms with Gasteiger partial charge in [0.1, 0.15) is 11.5 Å². The SMILES string of the molecule is CCCCCCOc1ccc(C=Nc2ccc(OCCCC)cc2)cc1. The quantitative estimate of drug-likeness (QED) is 0.319. The number of rotatable bonds is 12. The molecular formula is C23H31NO2. The van der Waals surface area contributed by atoms with Crippen LogP contribution in [0.4, 0.5) is 5.69 Å². The van der Waals surface area contributed by atoms with Gasteiger partial charge in [-0.1, -0.05) is 39.5 Å². The van der Waals surface area contributed by atoms with Gasteiger partial charge < -0.3 is 9.47 Å². The predicted octanol–water partition coefficient (Wildman–Crippen LogP) is 6.58. The van der Waals surface area contributed by atoms with Crippen molar-refractivity contribution < 1.29 is 9.47 Å². The Hall–Kier alpha value is -2.29. The molecule has 3 nitrogen and oxygen atoms in total. The Morgan fingerprint density at radius 1 is 0.692 bits per heavy atom. The molecule has 3 heteroatoms. The maximum Gasteiger partial charge on any atom is 0.119 e. The number of hydrogen-bond donors (Lipinski definition) is 0. The van der Waals surface area contributed by atoms with E-state index in [4.69, 9.17) is 9.47 Å².